The quantitative estimate of drug-likeness (QED) is 0.157. The van der Waals surface area contributed by atoms with Crippen LogP contribution in [-0.2, 0) is 16.1 Å². The number of aliphatic hydroxyl groups is 1. The van der Waals surface area contributed by atoms with E-state index in [0.29, 0.717) is 29.8 Å². The van der Waals surface area contributed by atoms with E-state index < -0.39 is 6.29 Å². The van der Waals surface area contributed by atoms with E-state index in [0.717, 1.165) is 48.6 Å². The number of carbonyl (C=O) groups excluding carboxylic acids is 2. The van der Waals surface area contributed by atoms with Crippen LogP contribution in [0.1, 0.15) is 56.2 Å². The van der Waals surface area contributed by atoms with E-state index in [2.05, 4.69) is 9.80 Å². The van der Waals surface area contributed by atoms with E-state index in [4.69, 9.17) is 9.47 Å². The number of benzene rings is 4. The van der Waals surface area contributed by atoms with Crippen molar-refractivity contribution in [2.24, 2.45) is 0 Å². The van der Waals surface area contributed by atoms with Gasteiger partial charge in [-0.15, -0.1) is 0 Å². The Labute approximate surface area is 271 Å². The Bertz CT molecular complexity index is 1740. The van der Waals surface area contributed by atoms with Gasteiger partial charge in [-0.25, -0.2) is 4.90 Å². The topological polar surface area (TPSA) is 126 Å². The molecule has 4 aromatic rings. The van der Waals surface area contributed by atoms with Crippen LogP contribution in [0.2, 0.25) is 0 Å². The fraction of sp³-hybridized carbons (Fsp3) is 0.278. The zero-order chi connectivity index (χ0) is 32.5. The van der Waals surface area contributed by atoms with Crippen molar-refractivity contribution < 1.29 is 29.1 Å². The molecule has 1 N–H and O–H groups in total. The molecule has 7 rings (SSSR count). The molecule has 3 atom stereocenters. The molecule has 0 spiro atoms. The van der Waals surface area contributed by atoms with Crippen LogP contribution >= 0.6 is 0 Å². The number of piperazine rings is 1. The first-order chi connectivity index (χ1) is 22.9. The predicted octanol–water partition coefficient (Wildman–Crippen LogP) is 5.26. The summed E-state index contributed by atoms with van der Waals surface area (Å²) in [4.78, 5) is 42.5. The minimum absolute atomic E-state index is 0.0362. The van der Waals surface area contributed by atoms with Crippen LogP contribution in [0, 0.1) is 10.1 Å². The fourth-order valence-corrected chi connectivity index (χ4v) is 6.50. The molecule has 0 saturated carbocycles. The number of hydrogen-bond acceptors (Lipinski definition) is 9. The lowest BCUT2D eigenvalue weighted by Gasteiger charge is -2.41. The second kappa shape index (κ2) is 13.0. The van der Waals surface area contributed by atoms with Gasteiger partial charge in [-0.05, 0) is 47.5 Å². The van der Waals surface area contributed by atoms with E-state index in [1.54, 1.807) is 48.5 Å². The number of nitrogens with zero attached hydrogens (tertiary/aromatic N) is 4. The first-order valence-electron chi connectivity index (χ1n) is 15.7. The average molecular weight is 635 g/mol. The molecule has 0 bridgehead atoms. The van der Waals surface area contributed by atoms with E-state index in [1.807, 2.05) is 36.4 Å². The van der Waals surface area contributed by atoms with Crippen molar-refractivity contribution >= 4 is 28.9 Å². The summed E-state index contributed by atoms with van der Waals surface area (Å²) in [5.41, 5.74) is 4.91. The lowest BCUT2D eigenvalue weighted by atomic mass is 9.99. The fourth-order valence-electron chi connectivity index (χ4n) is 6.50. The summed E-state index contributed by atoms with van der Waals surface area (Å²) in [7, 11) is 0. The number of ether oxygens (including phenoxy) is 2. The zero-order valence-corrected chi connectivity index (χ0v) is 25.6. The zero-order valence-electron chi connectivity index (χ0n) is 25.6. The second-order valence-electron chi connectivity index (χ2n) is 12.0. The van der Waals surface area contributed by atoms with E-state index in [9.17, 15) is 24.8 Å². The summed E-state index contributed by atoms with van der Waals surface area (Å²) < 4.78 is 13.1. The summed E-state index contributed by atoms with van der Waals surface area (Å²) in [6.07, 6.45) is -0.416. The number of non-ortho nitro benzene ring substituents is 1. The van der Waals surface area contributed by atoms with Crippen LogP contribution in [0.3, 0.4) is 0 Å². The maximum Gasteiger partial charge on any atom is 0.269 e. The van der Waals surface area contributed by atoms with Gasteiger partial charge >= 0.3 is 0 Å². The molecule has 3 aliphatic heterocycles. The number of imide groups is 1. The highest BCUT2D eigenvalue weighted by atomic mass is 16.7. The monoisotopic (exact) mass is 634 g/mol. The number of amides is 2. The summed E-state index contributed by atoms with van der Waals surface area (Å²) in [5, 5.41) is 20.6. The van der Waals surface area contributed by atoms with E-state index in [1.165, 1.54) is 17.0 Å². The van der Waals surface area contributed by atoms with Gasteiger partial charge in [-0.1, -0.05) is 48.5 Å². The molecule has 0 aromatic heterocycles. The molecule has 0 unspecified atom stereocenters. The number of hydrogen-bond donors (Lipinski definition) is 1. The number of anilines is 2. The summed E-state index contributed by atoms with van der Waals surface area (Å²) in [6.45, 7) is 3.86. The Kier molecular flexibility index (Phi) is 8.52. The Morgan fingerprint density at radius 2 is 1.34 bits per heavy atom. The van der Waals surface area contributed by atoms with Crippen molar-refractivity contribution in [1.82, 2.24) is 4.90 Å². The SMILES string of the molecule is O=C1c2ccccc2C(=O)N1c1ccc([C@@H]2O[C@H](CN3CCN(c4ccc([N+](=O)[O-])cc4)CC3)C[C@H](c3ccc(CO)cc3)O2)cc1. The van der Waals surface area contributed by atoms with Crippen LogP contribution in [0.5, 0.6) is 0 Å². The summed E-state index contributed by atoms with van der Waals surface area (Å²) in [6, 6.07) is 28.4. The van der Waals surface area contributed by atoms with Gasteiger partial charge in [0.1, 0.15) is 0 Å². The Balaban J connectivity index is 1.06. The lowest BCUT2D eigenvalue weighted by Crippen LogP contribution is -2.49. The average Bonchev–Trinajstić information content (AvgIpc) is 3.37. The molecule has 240 valence electrons. The van der Waals surface area contributed by atoms with Crippen LogP contribution in [0.15, 0.2) is 97.1 Å². The van der Waals surface area contributed by atoms with Crippen molar-refractivity contribution in [2.75, 3.05) is 42.5 Å². The molecular weight excluding hydrogens is 600 g/mol. The Hall–Kier alpha value is -4.94. The second-order valence-corrected chi connectivity index (χ2v) is 12.0. The van der Waals surface area contributed by atoms with Crippen LogP contribution < -0.4 is 9.80 Å². The van der Waals surface area contributed by atoms with Crippen LogP contribution in [-0.4, -0.2) is 65.6 Å². The molecule has 2 amide bonds. The predicted molar refractivity (Wildman–Crippen MR) is 174 cm³/mol. The molecule has 0 radical (unpaired) electrons. The van der Waals surface area contributed by atoms with Gasteiger partial charge in [0.2, 0.25) is 0 Å². The number of carbonyl (C=O) groups is 2. The lowest BCUT2D eigenvalue weighted by molar-refractivity contribution is -0.384. The van der Waals surface area contributed by atoms with Crippen LogP contribution in [0.4, 0.5) is 17.1 Å². The minimum atomic E-state index is -0.672. The molecule has 2 fully saturated rings. The largest absolute Gasteiger partial charge is 0.392 e. The van der Waals surface area contributed by atoms with Crippen molar-refractivity contribution in [3.8, 4) is 0 Å². The van der Waals surface area contributed by atoms with E-state index in [-0.39, 0.29) is 41.2 Å². The van der Waals surface area contributed by atoms with Gasteiger partial charge < -0.3 is 19.5 Å². The standard InChI is InChI=1S/C36H34N4O7/c41-23-24-5-7-25(8-6-24)33-21-30(22-37-17-19-38(20-18-37)27-13-15-29(16-14-27)40(44)45)46-36(47-33)26-9-11-28(12-10-26)39-34(42)31-3-1-2-4-32(31)35(39)43/h1-16,30,33,36,41H,17-23H2/t30-,33+,36+/m0/s1. The summed E-state index contributed by atoms with van der Waals surface area (Å²) >= 11 is 0. The smallest absolute Gasteiger partial charge is 0.269 e. The molecule has 11 heteroatoms. The van der Waals surface area contributed by atoms with Gasteiger partial charge in [-0.3, -0.25) is 24.6 Å². The summed E-state index contributed by atoms with van der Waals surface area (Å²) in [5.74, 6) is -0.688. The maximum absolute atomic E-state index is 13.0. The van der Waals surface area contributed by atoms with Crippen molar-refractivity contribution in [3.05, 3.63) is 135 Å². The first kappa shape index (κ1) is 30.7. The van der Waals surface area contributed by atoms with Gasteiger partial charge in [0.25, 0.3) is 17.5 Å². The van der Waals surface area contributed by atoms with E-state index >= 15 is 0 Å². The number of nitro groups is 1. The Morgan fingerprint density at radius 3 is 1.94 bits per heavy atom. The van der Waals surface area contributed by atoms with Crippen molar-refractivity contribution in [1.29, 1.82) is 0 Å². The number of rotatable bonds is 8. The normalized spacial score (nSPS) is 21.6. The minimum Gasteiger partial charge on any atom is -0.392 e. The third kappa shape index (κ3) is 6.26. The highest BCUT2D eigenvalue weighted by Gasteiger charge is 2.37. The molecule has 4 aromatic carbocycles. The molecule has 47 heavy (non-hydrogen) atoms. The third-order valence-corrected chi connectivity index (χ3v) is 9.09. The van der Waals surface area contributed by atoms with Gasteiger partial charge in [0.05, 0.1) is 40.6 Å². The number of fused-ring (bicyclic) bond motifs is 1. The van der Waals surface area contributed by atoms with Crippen molar-refractivity contribution in [3.63, 3.8) is 0 Å². The van der Waals surface area contributed by atoms with Gasteiger partial charge in [-0.2, -0.15) is 0 Å². The first-order valence-corrected chi connectivity index (χ1v) is 15.7. The highest BCUT2D eigenvalue weighted by molar-refractivity contribution is 6.34. The van der Waals surface area contributed by atoms with Gasteiger partial charge in [0, 0.05) is 62.5 Å². The third-order valence-electron chi connectivity index (χ3n) is 9.09. The molecule has 0 aliphatic carbocycles. The Morgan fingerprint density at radius 1 is 0.745 bits per heavy atom. The molecule has 3 aliphatic rings. The highest BCUT2D eigenvalue weighted by Crippen LogP contribution is 2.39. The number of aliphatic hydroxyl groups excluding tert-OH is 1. The number of nitro benzene ring substituents is 1. The molecule has 3 heterocycles. The van der Waals surface area contributed by atoms with Crippen molar-refractivity contribution in [2.45, 2.75) is 31.5 Å². The molecular formula is C36H34N4O7. The molecule has 11 nitrogen and oxygen atoms in total. The van der Waals surface area contributed by atoms with Crippen LogP contribution in [0.25, 0.3) is 0 Å². The maximum atomic E-state index is 13.0. The van der Waals surface area contributed by atoms with Gasteiger partial charge in [0.15, 0.2) is 6.29 Å². The molecule has 2 saturated heterocycles.